The van der Waals surface area contributed by atoms with Crippen LogP contribution in [0.15, 0.2) is 18.7 Å². The van der Waals surface area contributed by atoms with Crippen LogP contribution >= 0.6 is 0 Å². The van der Waals surface area contributed by atoms with Gasteiger partial charge < -0.3 is 19.5 Å². The maximum atomic E-state index is 12.7. The van der Waals surface area contributed by atoms with Crippen molar-refractivity contribution >= 4 is 6.03 Å². The fourth-order valence-electron chi connectivity index (χ4n) is 3.59. The van der Waals surface area contributed by atoms with E-state index in [1.807, 2.05) is 22.6 Å². The minimum Gasteiger partial charge on any atom is -0.379 e. The minimum absolute atomic E-state index is 0.0700. The summed E-state index contributed by atoms with van der Waals surface area (Å²) in [6, 6.07) is 0.468. The summed E-state index contributed by atoms with van der Waals surface area (Å²) in [5.74, 6) is 0. The molecule has 3 rings (SSSR count). The Hall–Kier alpha value is -1.60. The Morgan fingerprint density at radius 3 is 2.92 bits per heavy atom. The van der Waals surface area contributed by atoms with Gasteiger partial charge in [0.2, 0.25) is 0 Å². The molecule has 134 valence electrons. The maximum Gasteiger partial charge on any atom is 0.317 e. The van der Waals surface area contributed by atoms with Gasteiger partial charge in [0.25, 0.3) is 0 Å². The number of rotatable bonds is 5. The number of nitrogens with zero attached hydrogens (tertiary/aromatic N) is 4. The third kappa shape index (κ3) is 4.70. The lowest BCUT2D eigenvalue weighted by Crippen LogP contribution is -2.55. The summed E-state index contributed by atoms with van der Waals surface area (Å²) in [6.07, 6.45) is 8.88. The number of morpholine rings is 1. The molecule has 7 nitrogen and oxygen atoms in total. The number of urea groups is 1. The number of hydrogen-bond acceptors (Lipinski definition) is 4. The molecule has 0 bridgehead atoms. The molecule has 2 aliphatic heterocycles. The van der Waals surface area contributed by atoms with Gasteiger partial charge in [0.05, 0.1) is 19.5 Å². The van der Waals surface area contributed by atoms with Gasteiger partial charge in [-0.2, -0.15) is 0 Å². The molecule has 2 saturated heterocycles. The van der Waals surface area contributed by atoms with Crippen molar-refractivity contribution in [3.63, 3.8) is 0 Å². The number of ether oxygens (including phenoxy) is 1. The summed E-state index contributed by atoms with van der Waals surface area (Å²) in [5, 5.41) is 3.15. The zero-order valence-electron chi connectivity index (χ0n) is 14.6. The third-order valence-electron chi connectivity index (χ3n) is 4.87. The molecule has 7 heteroatoms. The van der Waals surface area contributed by atoms with Gasteiger partial charge in [-0.1, -0.05) is 0 Å². The van der Waals surface area contributed by atoms with Gasteiger partial charge in [0, 0.05) is 57.2 Å². The zero-order valence-corrected chi connectivity index (χ0v) is 14.6. The molecular formula is C17H29N5O2. The monoisotopic (exact) mass is 335 g/mol. The van der Waals surface area contributed by atoms with Crippen LogP contribution in [0.1, 0.15) is 26.2 Å². The summed E-state index contributed by atoms with van der Waals surface area (Å²) in [4.78, 5) is 21.3. The Morgan fingerprint density at radius 2 is 2.17 bits per heavy atom. The van der Waals surface area contributed by atoms with Crippen molar-refractivity contribution in [2.45, 2.75) is 44.8 Å². The topological polar surface area (TPSA) is 62.6 Å². The molecule has 3 heterocycles. The number of aromatic nitrogens is 2. The van der Waals surface area contributed by atoms with E-state index in [9.17, 15) is 4.79 Å². The molecule has 0 aliphatic carbocycles. The average molecular weight is 335 g/mol. The van der Waals surface area contributed by atoms with E-state index in [2.05, 4.69) is 15.2 Å². The van der Waals surface area contributed by atoms with Crippen LogP contribution in [0.3, 0.4) is 0 Å². The Morgan fingerprint density at radius 1 is 1.33 bits per heavy atom. The molecule has 0 radical (unpaired) electrons. The highest BCUT2D eigenvalue weighted by Crippen LogP contribution is 2.19. The summed E-state index contributed by atoms with van der Waals surface area (Å²) in [5.41, 5.74) is 0. The SMILES string of the molecule is C[C@@H](Cn1ccnc1)NC(=O)N1CCCC[C@@H]1CN1CCOCC1. The second-order valence-electron chi connectivity index (χ2n) is 6.87. The summed E-state index contributed by atoms with van der Waals surface area (Å²) in [6.45, 7) is 8.17. The number of carbonyl (C=O) groups excluding carboxylic acids is 1. The highest BCUT2D eigenvalue weighted by atomic mass is 16.5. The highest BCUT2D eigenvalue weighted by Gasteiger charge is 2.29. The largest absolute Gasteiger partial charge is 0.379 e. The molecule has 0 saturated carbocycles. The Labute approximate surface area is 144 Å². The summed E-state index contributed by atoms with van der Waals surface area (Å²) in [7, 11) is 0. The first-order valence-electron chi connectivity index (χ1n) is 9.05. The maximum absolute atomic E-state index is 12.7. The van der Waals surface area contributed by atoms with Gasteiger partial charge in [0.15, 0.2) is 0 Å². The summed E-state index contributed by atoms with van der Waals surface area (Å²) >= 11 is 0. The second kappa shape index (κ2) is 8.48. The molecule has 2 aliphatic rings. The van der Waals surface area contributed by atoms with Crippen molar-refractivity contribution < 1.29 is 9.53 Å². The van der Waals surface area contributed by atoms with Crippen LogP contribution < -0.4 is 5.32 Å². The quantitative estimate of drug-likeness (QED) is 0.877. The number of piperidine rings is 1. The van der Waals surface area contributed by atoms with Crippen LogP contribution in [-0.4, -0.2) is 76.9 Å². The zero-order chi connectivity index (χ0) is 16.8. The Bertz CT molecular complexity index is 501. The van der Waals surface area contributed by atoms with Gasteiger partial charge >= 0.3 is 6.03 Å². The number of nitrogens with one attached hydrogen (secondary N) is 1. The van der Waals surface area contributed by atoms with Crippen LogP contribution in [0, 0.1) is 0 Å². The molecule has 2 amide bonds. The van der Waals surface area contributed by atoms with Crippen molar-refractivity contribution in [3.05, 3.63) is 18.7 Å². The Balaban J connectivity index is 1.52. The number of amides is 2. The van der Waals surface area contributed by atoms with Crippen molar-refractivity contribution in [1.29, 1.82) is 0 Å². The van der Waals surface area contributed by atoms with Gasteiger partial charge in [0.1, 0.15) is 0 Å². The first-order valence-corrected chi connectivity index (χ1v) is 9.05. The molecular weight excluding hydrogens is 306 g/mol. The lowest BCUT2D eigenvalue weighted by atomic mass is 10.0. The molecule has 2 atom stereocenters. The first-order chi connectivity index (χ1) is 11.7. The standard InChI is InChI=1S/C17H29N5O2/c1-15(12-21-7-5-18-14-21)19-17(23)22-6-3-2-4-16(22)13-20-8-10-24-11-9-20/h5,7,14-16H,2-4,6,8-13H2,1H3,(H,19,23)/t15-,16+/m0/s1. The van der Waals surface area contributed by atoms with E-state index in [1.54, 1.807) is 12.5 Å². The molecule has 0 aromatic carbocycles. The van der Waals surface area contributed by atoms with E-state index in [1.165, 1.54) is 6.42 Å². The van der Waals surface area contributed by atoms with Crippen LogP contribution in [0.4, 0.5) is 4.79 Å². The van der Waals surface area contributed by atoms with E-state index in [4.69, 9.17) is 4.74 Å². The highest BCUT2D eigenvalue weighted by molar-refractivity contribution is 5.75. The fourth-order valence-corrected chi connectivity index (χ4v) is 3.59. The van der Waals surface area contributed by atoms with Crippen LogP contribution in [0.25, 0.3) is 0 Å². The van der Waals surface area contributed by atoms with E-state index in [-0.39, 0.29) is 12.1 Å². The van der Waals surface area contributed by atoms with Crippen LogP contribution in [-0.2, 0) is 11.3 Å². The van der Waals surface area contributed by atoms with Gasteiger partial charge in [-0.25, -0.2) is 9.78 Å². The minimum atomic E-state index is 0.0700. The smallest absolute Gasteiger partial charge is 0.317 e. The number of imidazole rings is 1. The summed E-state index contributed by atoms with van der Waals surface area (Å²) < 4.78 is 7.42. The predicted molar refractivity (Wildman–Crippen MR) is 91.8 cm³/mol. The van der Waals surface area contributed by atoms with E-state index >= 15 is 0 Å². The molecule has 2 fully saturated rings. The lowest BCUT2D eigenvalue weighted by Gasteiger charge is -2.40. The van der Waals surface area contributed by atoms with E-state index in [0.717, 1.165) is 58.8 Å². The van der Waals surface area contributed by atoms with Crippen molar-refractivity contribution in [2.24, 2.45) is 0 Å². The normalized spacial score (nSPS) is 23.9. The number of likely N-dealkylation sites (tertiary alicyclic amines) is 1. The number of carbonyl (C=O) groups is 1. The molecule has 24 heavy (non-hydrogen) atoms. The lowest BCUT2D eigenvalue weighted by molar-refractivity contribution is 0.0220. The second-order valence-corrected chi connectivity index (χ2v) is 6.87. The van der Waals surface area contributed by atoms with E-state index in [0.29, 0.717) is 6.04 Å². The van der Waals surface area contributed by atoms with Gasteiger partial charge in [-0.15, -0.1) is 0 Å². The fraction of sp³-hybridized carbons (Fsp3) is 0.765. The molecule has 1 N–H and O–H groups in total. The molecule has 1 aromatic heterocycles. The van der Waals surface area contributed by atoms with E-state index < -0.39 is 0 Å². The van der Waals surface area contributed by atoms with Crippen molar-refractivity contribution in [3.8, 4) is 0 Å². The average Bonchev–Trinajstić information content (AvgIpc) is 3.09. The van der Waals surface area contributed by atoms with Crippen LogP contribution in [0.5, 0.6) is 0 Å². The molecule has 1 aromatic rings. The van der Waals surface area contributed by atoms with Crippen LogP contribution in [0.2, 0.25) is 0 Å². The van der Waals surface area contributed by atoms with Crippen molar-refractivity contribution in [1.82, 2.24) is 24.7 Å². The van der Waals surface area contributed by atoms with Crippen molar-refractivity contribution in [2.75, 3.05) is 39.4 Å². The molecule has 0 unspecified atom stereocenters. The predicted octanol–water partition coefficient (Wildman–Crippen LogP) is 1.17. The van der Waals surface area contributed by atoms with Gasteiger partial charge in [-0.05, 0) is 26.2 Å². The molecule has 0 spiro atoms. The Kier molecular flexibility index (Phi) is 6.09. The first kappa shape index (κ1) is 17.2. The number of hydrogen-bond donors (Lipinski definition) is 1. The van der Waals surface area contributed by atoms with Gasteiger partial charge in [-0.3, -0.25) is 4.90 Å². The third-order valence-corrected chi connectivity index (χ3v) is 4.87.